The second-order valence-electron chi connectivity index (χ2n) is 4.27. The number of hydrogen-bond donors (Lipinski definition) is 2. The van der Waals surface area contributed by atoms with Crippen molar-refractivity contribution in [3.63, 3.8) is 0 Å². The molecule has 20 heavy (non-hydrogen) atoms. The van der Waals surface area contributed by atoms with E-state index in [0.717, 1.165) is 0 Å². The quantitative estimate of drug-likeness (QED) is 0.764. The summed E-state index contributed by atoms with van der Waals surface area (Å²) >= 11 is 0. The molecule has 5 nitrogen and oxygen atoms in total. The summed E-state index contributed by atoms with van der Waals surface area (Å²) in [6.07, 6.45) is 2.00. The molecule has 1 atom stereocenters. The van der Waals surface area contributed by atoms with Crippen molar-refractivity contribution in [2.45, 2.75) is 6.10 Å². The molecule has 2 N–H and O–H groups in total. The van der Waals surface area contributed by atoms with Crippen LogP contribution in [0.25, 0.3) is 10.9 Å². The van der Waals surface area contributed by atoms with Crippen LogP contribution >= 0.6 is 0 Å². The van der Waals surface area contributed by atoms with Crippen molar-refractivity contribution >= 4 is 16.7 Å². The predicted molar refractivity (Wildman–Crippen MR) is 71.7 cm³/mol. The summed E-state index contributed by atoms with van der Waals surface area (Å²) in [5.74, 6) is 0.383. The molecular formula is C14H12FN3O2. The Morgan fingerprint density at radius 1 is 1.25 bits per heavy atom. The van der Waals surface area contributed by atoms with Crippen LogP contribution in [0.1, 0.15) is 11.9 Å². The van der Waals surface area contributed by atoms with Crippen molar-refractivity contribution < 1.29 is 13.9 Å². The van der Waals surface area contributed by atoms with Gasteiger partial charge in [0, 0.05) is 6.54 Å². The van der Waals surface area contributed by atoms with E-state index in [1.807, 2.05) is 0 Å². The summed E-state index contributed by atoms with van der Waals surface area (Å²) in [6.45, 7) is 0.161. The van der Waals surface area contributed by atoms with Gasteiger partial charge < -0.3 is 14.8 Å². The molecule has 3 rings (SSSR count). The number of aliphatic hydroxyl groups excluding tert-OH is 1. The fraction of sp³-hybridized carbons (Fsp3) is 0.143. The fourth-order valence-electron chi connectivity index (χ4n) is 1.98. The average Bonchev–Trinajstić information content (AvgIpc) is 2.99. The SMILES string of the molecule is O[C@@H](CNc1ncnc2cccc(F)c12)c1ccco1. The van der Waals surface area contributed by atoms with E-state index in [1.54, 1.807) is 24.3 Å². The molecule has 0 spiro atoms. The molecule has 1 aromatic carbocycles. The number of rotatable bonds is 4. The Balaban J connectivity index is 1.84. The lowest BCUT2D eigenvalue weighted by atomic mass is 10.2. The first-order valence-electron chi connectivity index (χ1n) is 6.10. The van der Waals surface area contributed by atoms with Gasteiger partial charge in [0.25, 0.3) is 0 Å². The zero-order chi connectivity index (χ0) is 13.9. The number of aromatic nitrogens is 2. The van der Waals surface area contributed by atoms with Crippen LogP contribution in [0.3, 0.4) is 0 Å². The van der Waals surface area contributed by atoms with E-state index < -0.39 is 11.9 Å². The third kappa shape index (κ3) is 2.33. The first-order valence-corrected chi connectivity index (χ1v) is 6.10. The van der Waals surface area contributed by atoms with Crippen LogP contribution in [-0.2, 0) is 0 Å². The van der Waals surface area contributed by atoms with E-state index in [2.05, 4.69) is 15.3 Å². The Hall–Kier alpha value is -2.47. The average molecular weight is 273 g/mol. The maximum absolute atomic E-state index is 13.8. The van der Waals surface area contributed by atoms with Crippen LogP contribution in [0.2, 0.25) is 0 Å². The standard InChI is InChI=1S/C14H12FN3O2/c15-9-3-1-4-10-13(9)14(18-8-17-10)16-7-11(19)12-5-2-6-20-12/h1-6,8,11,19H,7H2,(H,16,17,18)/t11-/m0/s1. The van der Waals surface area contributed by atoms with Gasteiger partial charge in [-0.3, -0.25) is 0 Å². The summed E-state index contributed by atoms with van der Waals surface area (Å²) < 4.78 is 18.9. The molecule has 0 aliphatic carbocycles. The Bertz CT molecular complexity index is 710. The summed E-state index contributed by atoms with van der Waals surface area (Å²) in [6, 6.07) is 8.00. The van der Waals surface area contributed by atoms with Crippen LogP contribution in [0, 0.1) is 5.82 Å². The molecule has 2 aromatic heterocycles. The smallest absolute Gasteiger partial charge is 0.140 e. The van der Waals surface area contributed by atoms with Crippen molar-refractivity contribution in [3.05, 3.63) is 54.5 Å². The second kappa shape index (κ2) is 5.26. The van der Waals surface area contributed by atoms with Crippen molar-refractivity contribution in [2.24, 2.45) is 0 Å². The van der Waals surface area contributed by atoms with Gasteiger partial charge in [0.05, 0.1) is 17.2 Å². The van der Waals surface area contributed by atoms with E-state index >= 15 is 0 Å². The molecule has 0 saturated carbocycles. The molecular weight excluding hydrogens is 261 g/mol. The van der Waals surface area contributed by atoms with Gasteiger partial charge in [0.2, 0.25) is 0 Å². The number of anilines is 1. The summed E-state index contributed by atoms with van der Waals surface area (Å²) in [4.78, 5) is 8.02. The molecule has 0 fully saturated rings. The van der Waals surface area contributed by atoms with Crippen molar-refractivity contribution in [2.75, 3.05) is 11.9 Å². The highest BCUT2D eigenvalue weighted by molar-refractivity contribution is 5.89. The van der Waals surface area contributed by atoms with Crippen LogP contribution in [0.15, 0.2) is 47.3 Å². The Kier molecular flexibility index (Phi) is 3.30. The monoisotopic (exact) mass is 273 g/mol. The van der Waals surface area contributed by atoms with Crippen LogP contribution < -0.4 is 5.32 Å². The number of fused-ring (bicyclic) bond motifs is 1. The number of furan rings is 1. The lowest BCUT2D eigenvalue weighted by Gasteiger charge is -2.11. The highest BCUT2D eigenvalue weighted by Gasteiger charge is 2.13. The van der Waals surface area contributed by atoms with E-state index in [-0.39, 0.29) is 6.54 Å². The summed E-state index contributed by atoms with van der Waals surface area (Å²) in [7, 11) is 0. The summed E-state index contributed by atoms with van der Waals surface area (Å²) in [5, 5.41) is 13.1. The minimum Gasteiger partial charge on any atom is -0.467 e. The number of hydrogen-bond acceptors (Lipinski definition) is 5. The van der Waals surface area contributed by atoms with E-state index in [4.69, 9.17) is 4.42 Å². The maximum Gasteiger partial charge on any atom is 0.140 e. The number of aliphatic hydroxyl groups is 1. The van der Waals surface area contributed by atoms with E-state index in [9.17, 15) is 9.50 Å². The first-order chi connectivity index (χ1) is 9.75. The zero-order valence-corrected chi connectivity index (χ0v) is 10.5. The lowest BCUT2D eigenvalue weighted by molar-refractivity contribution is 0.162. The Morgan fingerprint density at radius 2 is 2.15 bits per heavy atom. The molecule has 0 aliphatic rings. The molecule has 0 radical (unpaired) electrons. The minimum absolute atomic E-state index is 0.161. The van der Waals surface area contributed by atoms with Gasteiger partial charge in [-0.05, 0) is 24.3 Å². The molecule has 0 amide bonds. The number of halogens is 1. The van der Waals surface area contributed by atoms with Crippen molar-refractivity contribution in [3.8, 4) is 0 Å². The molecule has 102 valence electrons. The fourth-order valence-corrected chi connectivity index (χ4v) is 1.98. The first kappa shape index (κ1) is 12.6. The predicted octanol–water partition coefficient (Wildman–Crippen LogP) is 2.51. The summed E-state index contributed by atoms with van der Waals surface area (Å²) in [5.41, 5.74) is 0.509. The minimum atomic E-state index is -0.832. The van der Waals surface area contributed by atoms with Crippen LogP contribution in [-0.4, -0.2) is 21.6 Å². The van der Waals surface area contributed by atoms with Gasteiger partial charge in [-0.15, -0.1) is 0 Å². The molecule has 2 heterocycles. The van der Waals surface area contributed by atoms with Gasteiger partial charge in [0.1, 0.15) is 29.8 Å². The highest BCUT2D eigenvalue weighted by Crippen LogP contribution is 2.23. The van der Waals surface area contributed by atoms with E-state index in [1.165, 1.54) is 18.7 Å². The van der Waals surface area contributed by atoms with Gasteiger partial charge in [-0.2, -0.15) is 0 Å². The normalized spacial score (nSPS) is 12.5. The molecule has 0 unspecified atom stereocenters. The maximum atomic E-state index is 13.8. The van der Waals surface area contributed by atoms with Crippen LogP contribution in [0.4, 0.5) is 10.2 Å². The zero-order valence-electron chi connectivity index (χ0n) is 10.5. The van der Waals surface area contributed by atoms with Crippen molar-refractivity contribution in [1.82, 2.24) is 9.97 Å². The molecule has 0 aliphatic heterocycles. The topological polar surface area (TPSA) is 71.2 Å². The third-order valence-electron chi connectivity index (χ3n) is 2.95. The van der Waals surface area contributed by atoms with E-state index in [0.29, 0.717) is 22.5 Å². The largest absolute Gasteiger partial charge is 0.467 e. The molecule has 3 aromatic rings. The van der Waals surface area contributed by atoms with Gasteiger partial charge in [0.15, 0.2) is 0 Å². The van der Waals surface area contributed by atoms with Crippen LogP contribution in [0.5, 0.6) is 0 Å². The number of nitrogens with zero attached hydrogens (tertiary/aromatic N) is 2. The van der Waals surface area contributed by atoms with Crippen molar-refractivity contribution in [1.29, 1.82) is 0 Å². The second-order valence-corrected chi connectivity index (χ2v) is 4.27. The van der Waals surface area contributed by atoms with Gasteiger partial charge in [-0.25, -0.2) is 14.4 Å². The Morgan fingerprint density at radius 3 is 2.95 bits per heavy atom. The molecule has 6 heteroatoms. The van der Waals surface area contributed by atoms with Gasteiger partial charge in [-0.1, -0.05) is 6.07 Å². The Labute approximate surface area is 114 Å². The number of benzene rings is 1. The highest BCUT2D eigenvalue weighted by atomic mass is 19.1. The number of nitrogens with one attached hydrogen (secondary N) is 1. The molecule has 0 saturated heterocycles. The molecule has 0 bridgehead atoms. The third-order valence-corrected chi connectivity index (χ3v) is 2.95. The van der Waals surface area contributed by atoms with Gasteiger partial charge >= 0.3 is 0 Å². The lowest BCUT2D eigenvalue weighted by Crippen LogP contribution is -2.13.